The highest BCUT2D eigenvalue weighted by Gasteiger charge is 2.44. The average Bonchev–Trinajstić information content (AvgIpc) is 3.25. The van der Waals surface area contributed by atoms with Crippen LogP contribution in [-0.4, -0.2) is 50.3 Å². The Balaban J connectivity index is 1.36. The zero-order chi connectivity index (χ0) is 21.4. The van der Waals surface area contributed by atoms with Gasteiger partial charge in [0.2, 0.25) is 5.91 Å². The van der Waals surface area contributed by atoms with Gasteiger partial charge in [-0.3, -0.25) is 9.48 Å². The lowest BCUT2D eigenvalue weighted by Gasteiger charge is -2.44. The van der Waals surface area contributed by atoms with Crippen molar-refractivity contribution in [1.82, 2.24) is 24.6 Å². The molecule has 1 unspecified atom stereocenters. The molecular formula is C24H27N5O2. The Bertz CT molecular complexity index is 1090. The summed E-state index contributed by atoms with van der Waals surface area (Å²) in [5.41, 5.74) is 3.77. The molecule has 0 N–H and O–H groups in total. The highest BCUT2D eigenvalue weighted by Crippen LogP contribution is 2.41. The van der Waals surface area contributed by atoms with Crippen LogP contribution in [0.15, 0.2) is 48.9 Å². The number of carbonyl (C=O) groups excluding carboxylic acids is 1. The number of amides is 1. The van der Waals surface area contributed by atoms with E-state index in [9.17, 15) is 4.79 Å². The van der Waals surface area contributed by atoms with E-state index < -0.39 is 5.60 Å². The van der Waals surface area contributed by atoms with Crippen molar-refractivity contribution in [2.24, 2.45) is 0 Å². The SMILES string of the molecule is Cc1cnn(C(C)C(=O)N2CCC3(CC2)OCCc2cnc(-c4ccccc4)nc23)c1. The Morgan fingerprint density at radius 2 is 1.94 bits per heavy atom. The van der Waals surface area contributed by atoms with E-state index in [-0.39, 0.29) is 11.9 Å². The molecule has 160 valence electrons. The molecule has 5 rings (SSSR count). The number of rotatable bonds is 3. The molecule has 0 aliphatic carbocycles. The third-order valence-electron chi connectivity index (χ3n) is 6.45. The van der Waals surface area contributed by atoms with Crippen molar-refractivity contribution in [2.75, 3.05) is 19.7 Å². The first-order chi connectivity index (χ1) is 15.1. The molecule has 1 atom stereocenters. The minimum absolute atomic E-state index is 0.0987. The Morgan fingerprint density at radius 1 is 1.16 bits per heavy atom. The number of hydrogen-bond acceptors (Lipinski definition) is 5. The van der Waals surface area contributed by atoms with Crippen molar-refractivity contribution in [3.8, 4) is 11.4 Å². The van der Waals surface area contributed by atoms with Gasteiger partial charge in [-0.25, -0.2) is 9.97 Å². The second-order valence-corrected chi connectivity index (χ2v) is 8.53. The van der Waals surface area contributed by atoms with Crippen LogP contribution < -0.4 is 0 Å². The molecule has 1 saturated heterocycles. The summed E-state index contributed by atoms with van der Waals surface area (Å²) in [6.07, 6.45) is 7.95. The summed E-state index contributed by atoms with van der Waals surface area (Å²) in [4.78, 5) is 24.6. The predicted octanol–water partition coefficient (Wildman–Crippen LogP) is 3.30. The molecule has 0 bridgehead atoms. The van der Waals surface area contributed by atoms with Crippen LogP contribution in [0.2, 0.25) is 0 Å². The van der Waals surface area contributed by atoms with Gasteiger partial charge in [0.1, 0.15) is 11.6 Å². The summed E-state index contributed by atoms with van der Waals surface area (Å²) < 4.78 is 8.10. The van der Waals surface area contributed by atoms with E-state index >= 15 is 0 Å². The lowest BCUT2D eigenvalue weighted by Crippen LogP contribution is -2.50. The normalized spacial score (nSPS) is 18.6. The zero-order valence-corrected chi connectivity index (χ0v) is 18.0. The number of likely N-dealkylation sites (tertiary alicyclic amines) is 1. The Hall–Kier alpha value is -3.06. The van der Waals surface area contributed by atoms with Crippen molar-refractivity contribution < 1.29 is 9.53 Å². The number of piperidine rings is 1. The molecule has 1 aromatic carbocycles. The topological polar surface area (TPSA) is 73.1 Å². The summed E-state index contributed by atoms with van der Waals surface area (Å²) in [5.74, 6) is 0.826. The van der Waals surface area contributed by atoms with Crippen molar-refractivity contribution in [2.45, 2.75) is 44.8 Å². The fraction of sp³-hybridized carbons (Fsp3) is 0.417. The van der Waals surface area contributed by atoms with E-state index in [1.807, 2.05) is 61.5 Å². The maximum Gasteiger partial charge on any atom is 0.247 e. The number of carbonyl (C=O) groups is 1. The van der Waals surface area contributed by atoms with Crippen molar-refractivity contribution in [3.63, 3.8) is 0 Å². The second-order valence-electron chi connectivity index (χ2n) is 8.53. The van der Waals surface area contributed by atoms with Gasteiger partial charge < -0.3 is 9.64 Å². The first-order valence-electron chi connectivity index (χ1n) is 10.9. The largest absolute Gasteiger partial charge is 0.368 e. The Kier molecular flexibility index (Phi) is 5.06. The molecule has 1 fully saturated rings. The zero-order valence-electron chi connectivity index (χ0n) is 18.0. The number of ether oxygens (including phenoxy) is 1. The molecule has 3 aromatic rings. The van der Waals surface area contributed by atoms with Crippen LogP contribution in [0, 0.1) is 6.92 Å². The first kappa shape index (κ1) is 19.9. The van der Waals surface area contributed by atoms with Crippen molar-refractivity contribution >= 4 is 5.91 Å². The van der Waals surface area contributed by atoms with Crippen LogP contribution in [0.5, 0.6) is 0 Å². The molecule has 7 heteroatoms. The quantitative estimate of drug-likeness (QED) is 0.654. The van der Waals surface area contributed by atoms with Crippen LogP contribution in [0.25, 0.3) is 11.4 Å². The fourth-order valence-corrected chi connectivity index (χ4v) is 4.63. The van der Waals surface area contributed by atoms with E-state index in [0.29, 0.717) is 19.7 Å². The molecule has 2 aliphatic heterocycles. The van der Waals surface area contributed by atoms with E-state index in [0.717, 1.165) is 47.5 Å². The Labute approximate surface area is 182 Å². The highest BCUT2D eigenvalue weighted by atomic mass is 16.5. The van der Waals surface area contributed by atoms with Crippen molar-refractivity contribution in [3.05, 3.63) is 65.7 Å². The summed E-state index contributed by atoms with van der Waals surface area (Å²) in [7, 11) is 0. The van der Waals surface area contributed by atoms with Gasteiger partial charge in [0.15, 0.2) is 5.82 Å². The Morgan fingerprint density at radius 3 is 2.65 bits per heavy atom. The average molecular weight is 418 g/mol. The number of aryl methyl sites for hydroxylation is 1. The van der Waals surface area contributed by atoms with Crippen LogP contribution in [0.3, 0.4) is 0 Å². The van der Waals surface area contributed by atoms with Gasteiger partial charge >= 0.3 is 0 Å². The van der Waals surface area contributed by atoms with E-state index in [2.05, 4.69) is 10.1 Å². The molecule has 2 aromatic heterocycles. The maximum atomic E-state index is 13.1. The molecule has 1 amide bonds. The van der Waals surface area contributed by atoms with Gasteiger partial charge in [0, 0.05) is 31.0 Å². The predicted molar refractivity (Wildman–Crippen MR) is 116 cm³/mol. The monoisotopic (exact) mass is 417 g/mol. The van der Waals surface area contributed by atoms with Gasteiger partial charge in [-0.05, 0) is 44.2 Å². The maximum absolute atomic E-state index is 13.1. The van der Waals surface area contributed by atoms with Crippen LogP contribution in [0.1, 0.15) is 42.6 Å². The third kappa shape index (κ3) is 3.63. The summed E-state index contributed by atoms with van der Waals surface area (Å²) in [6.45, 7) is 5.85. The van der Waals surface area contributed by atoms with E-state index in [1.165, 1.54) is 0 Å². The number of aromatic nitrogens is 4. The molecular weight excluding hydrogens is 390 g/mol. The summed E-state index contributed by atoms with van der Waals surface area (Å²) >= 11 is 0. The minimum atomic E-state index is -0.442. The molecule has 0 radical (unpaired) electrons. The van der Waals surface area contributed by atoms with Gasteiger partial charge in [-0.15, -0.1) is 0 Å². The van der Waals surface area contributed by atoms with E-state index in [1.54, 1.807) is 10.9 Å². The van der Waals surface area contributed by atoms with Gasteiger partial charge in [0.05, 0.1) is 18.5 Å². The first-order valence-corrected chi connectivity index (χ1v) is 10.9. The fourth-order valence-electron chi connectivity index (χ4n) is 4.63. The smallest absolute Gasteiger partial charge is 0.247 e. The van der Waals surface area contributed by atoms with Crippen LogP contribution >= 0.6 is 0 Å². The van der Waals surface area contributed by atoms with Crippen LogP contribution in [0.4, 0.5) is 0 Å². The molecule has 4 heterocycles. The second kappa shape index (κ2) is 7.89. The van der Waals surface area contributed by atoms with Crippen LogP contribution in [-0.2, 0) is 21.6 Å². The number of benzene rings is 1. The molecule has 2 aliphatic rings. The summed E-state index contributed by atoms with van der Waals surface area (Å²) in [5, 5.41) is 4.31. The number of nitrogens with zero attached hydrogens (tertiary/aromatic N) is 5. The van der Waals surface area contributed by atoms with Gasteiger partial charge in [-0.1, -0.05) is 30.3 Å². The molecule has 1 spiro atoms. The number of fused-ring (bicyclic) bond motifs is 2. The summed E-state index contributed by atoms with van der Waals surface area (Å²) in [6, 6.07) is 9.72. The molecule has 31 heavy (non-hydrogen) atoms. The van der Waals surface area contributed by atoms with Gasteiger partial charge in [0.25, 0.3) is 0 Å². The van der Waals surface area contributed by atoms with E-state index in [4.69, 9.17) is 9.72 Å². The molecule has 7 nitrogen and oxygen atoms in total. The molecule has 0 saturated carbocycles. The standard InChI is InChI=1S/C24H27N5O2/c1-17-14-26-29(16-17)18(2)23(30)28-11-9-24(10-12-28)21-20(8-13-31-24)15-25-22(27-21)19-6-4-3-5-7-19/h3-7,14-16,18H,8-13H2,1-2H3. The lowest BCUT2D eigenvalue weighted by atomic mass is 9.83. The minimum Gasteiger partial charge on any atom is -0.368 e. The highest BCUT2D eigenvalue weighted by molar-refractivity contribution is 5.80. The third-order valence-corrected chi connectivity index (χ3v) is 6.45. The lowest BCUT2D eigenvalue weighted by molar-refractivity contribution is -0.144. The number of hydrogen-bond donors (Lipinski definition) is 0. The van der Waals surface area contributed by atoms with Gasteiger partial charge in [-0.2, -0.15) is 5.10 Å². The van der Waals surface area contributed by atoms with Crippen molar-refractivity contribution in [1.29, 1.82) is 0 Å².